The molecule has 0 saturated heterocycles. The summed E-state index contributed by atoms with van der Waals surface area (Å²) in [5.74, 6) is -0.803. The number of rotatable bonds is 4. The lowest BCUT2D eigenvalue weighted by molar-refractivity contribution is 0.0827. The normalized spacial score (nSPS) is 11.6. The van der Waals surface area contributed by atoms with Gasteiger partial charge in [0, 0.05) is 29.5 Å². The number of carbonyl (C=O) groups excluding carboxylic acids is 1. The minimum atomic E-state index is -4.31. The zero-order valence-electron chi connectivity index (χ0n) is 17.1. The lowest BCUT2D eigenvalue weighted by Gasteiger charge is -2.15. The highest BCUT2D eigenvalue weighted by molar-refractivity contribution is 9.10. The highest BCUT2D eigenvalue weighted by Crippen LogP contribution is 2.39. The molecule has 0 unspecified atom stereocenters. The number of aromatic hydroxyl groups is 1. The van der Waals surface area contributed by atoms with Gasteiger partial charge in [-0.15, -0.1) is 0 Å². The van der Waals surface area contributed by atoms with Crippen molar-refractivity contribution in [3.8, 4) is 17.0 Å². The molecule has 0 aliphatic heterocycles. The van der Waals surface area contributed by atoms with E-state index in [-0.39, 0.29) is 15.8 Å². The van der Waals surface area contributed by atoms with Gasteiger partial charge in [-0.2, -0.15) is 0 Å². The Morgan fingerprint density at radius 3 is 2.38 bits per heavy atom. The molecule has 0 radical (unpaired) electrons. The summed E-state index contributed by atoms with van der Waals surface area (Å²) in [5.41, 5.74) is 1.71. The van der Waals surface area contributed by atoms with E-state index in [1.807, 2.05) is 6.07 Å². The Morgan fingerprint density at radius 2 is 1.72 bits per heavy atom. The van der Waals surface area contributed by atoms with Crippen LogP contribution in [0.2, 0.25) is 5.02 Å². The number of halogens is 2. The van der Waals surface area contributed by atoms with E-state index >= 15 is 0 Å². The van der Waals surface area contributed by atoms with Crippen LogP contribution in [0.25, 0.3) is 22.2 Å². The smallest absolute Gasteiger partial charge is 0.272 e. The zero-order valence-corrected chi connectivity index (χ0v) is 20.2. The van der Waals surface area contributed by atoms with Crippen LogP contribution in [0, 0.1) is 0 Å². The standard InChI is InChI=1S/C23H18BrClN2O4S/c1-26(2)23(29)16-9-8-15-10-19(14-6-4-3-5-7-14)27(20(15)11-16)32(30,31)21-13-17(24)12-18(25)22(21)28/h3-13,28H,1-2H3. The summed E-state index contributed by atoms with van der Waals surface area (Å²) >= 11 is 9.30. The molecule has 0 aliphatic carbocycles. The summed E-state index contributed by atoms with van der Waals surface area (Å²) in [7, 11) is -1.06. The van der Waals surface area contributed by atoms with Crippen molar-refractivity contribution >= 4 is 54.4 Å². The number of fused-ring (bicyclic) bond motifs is 1. The van der Waals surface area contributed by atoms with Crippen molar-refractivity contribution in [1.29, 1.82) is 0 Å². The second-order valence-corrected chi connectivity index (χ2v) is 10.5. The van der Waals surface area contributed by atoms with Gasteiger partial charge in [-0.1, -0.05) is 63.9 Å². The number of hydrogen-bond acceptors (Lipinski definition) is 4. The van der Waals surface area contributed by atoms with Gasteiger partial charge in [0.05, 0.1) is 16.2 Å². The molecule has 164 valence electrons. The van der Waals surface area contributed by atoms with Gasteiger partial charge in [0.2, 0.25) is 0 Å². The molecule has 0 aliphatic rings. The number of hydrogen-bond donors (Lipinski definition) is 1. The molecule has 1 heterocycles. The largest absolute Gasteiger partial charge is 0.505 e. The second kappa shape index (κ2) is 8.27. The molecule has 0 fully saturated rings. The number of nitrogens with zero attached hydrogens (tertiary/aromatic N) is 2. The SMILES string of the molecule is CN(C)C(=O)c1ccc2cc(-c3ccccc3)n(S(=O)(=O)c3cc(Br)cc(Cl)c3O)c2c1. The van der Waals surface area contributed by atoms with Crippen LogP contribution in [-0.4, -0.2) is 42.4 Å². The molecule has 9 heteroatoms. The highest BCUT2D eigenvalue weighted by atomic mass is 79.9. The molecule has 1 N–H and O–H groups in total. The van der Waals surface area contributed by atoms with Gasteiger partial charge in [0.25, 0.3) is 15.9 Å². The van der Waals surface area contributed by atoms with Gasteiger partial charge < -0.3 is 10.0 Å². The average Bonchev–Trinajstić information content (AvgIpc) is 3.15. The van der Waals surface area contributed by atoms with Crippen LogP contribution in [0.4, 0.5) is 0 Å². The minimum absolute atomic E-state index is 0.0980. The summed E-state index contributed by atoms with van der Waals surface area (Å²) in [6.07, 6.45) is 0. The molecule has 4 aromatic rings. The van der Waals surface area contributed by atoms with Crippen LogP contribution in [-0.2, 0) is 10.0 Å². The first kappa shape index (κ1) is 22.4. The predicted molar refractivity (Wildman–Crippen MR) is 129 cm³/mol. The first-order valence-electron chi connectivity index (χ1n) is 9.47. The lowest BCUT2D eigenvalue weighted by Crippen LogP contribution is -2.21. The summed E-state index contributed by atoms with van der Waals surface area (Å²) in [6.45, 7) is 0. The second-order valence-electron chi connectivity index (χ2n) is 7.37. The quantitative estimate of drug-likeness (QED) is 0.383. The van der Waals surface area contributed by atoms with E-state index in [2.05, 4.69) is 15.9 Å². The molecule has 3 aromatic carbocycles. The van der Waals surface area contributed by atoms with Gasteiger partial charge in [0.1, 0.15) is 4.90 Å². The van der Waals surface area contributed by atoms with Crippen molar-refractivity contribution in [3.05, 3.63) is 81.8 Å². The Morgan fingerprint density at radius 1 is 1.03 bits per heavy atom. The molecule has 6 nitrogen and oxygen atoms in total. The number of benzene rings is 3. The van der Waals surface area contributed by atoms with Crippen molar-refractivity contribution in [2.45, 2.75) is 4.90 Å². The Hall–Kier alpha value is -2.81. The first-order valence-corrected chi connectivity index (χ1v) is 12.1. The van der Waals surface area contributed by atoms with E-state index in [4.69, 9.17) is 11.6 Å². The van der Waals surface area contributed by atoms with Crippen molar-refractivity contribution in [3.63, 3.8) is 0 Å². The van der Waals surface area contributed by atoms with Crippen LogP contribution in [0.3, 0.4) is 0 Å². The third-order valence-electron chi connectivity index (χ3n) is 4.99. The van der Waals surface area contributed by atoms with E-state index in [0.717, 1.165) is 3.97 Å². The zero-order chi connectivity index (χ0) is 23.2. The molecular formula is C23H18BrClN2O4S. The number of amides is 1. The van der Waals surface area contributed by atoms with E-state index in [1.54, 1.807) is 56.6 Å². The van der Waals surface area contributed by atoms with Crippen molar-refractivity contribution < 1.29 is 18.3 Å². The number of aromatic nitrogens is 1. The first-order chi connectivity index (χ1) is 15.1. The fourth-order valence-electron chi connectivity index (χ4n) is 3.47. The van der Waals surface area contributed by atoms with Crippen molar-refractivity contribution in [2.24, 2.45) is 0 Å². The van der Waals surface area contributed by atoms with Crippen LogP contribution >= 0.6 is 27.5 Å². The van der Waals surface area contributed by atoms with E-state index in [9.17, 15) is 18.3 Å². The lowest BCUT2D eigenvalue weighted by atomic mass is 10.1. The van der Waals surface area contributed by atoms with Gasteiger partial charge in [-0.25, -0.2) is 12.4 Å². The average molecular weight is 534 g/mol. The van der Waals surface area contributed by atoms with Gasteiger partial charge in [-0.3, -0.25) is 4.79 Å². The third-order valence-corrected chi connectivity index (χ3v) is 7.48. The molecule has 0 spiro atoms. The maximum absolute atomic E-state index is 13.9. The fraction of sp³-hybridized carbons (Fsp3) is 0.0870. The van der Waals surface area contributed by atoms with E-state index < -0.39 is 15.8 Å². The summed E-state index contributed by atoms with van der Waals surface area (Å²) in [6, 6.07) is 18.4. The molecule has 0 atom stereocenters. The van der Waals surface area contributed by atoms with Gasteiger partial charge in [0.15, 0.2) is 5.75 Å². The Kier molecular flexibility index (Phi) is 5.79. The molecule has 4 rings (SSSR count). The topological polar surface area (TPSA) is 79.6 Å². The van der Waals surface area contributed by atoms with Crippen molar-refractivity contribution in [1.82, 2.24) is 8.87 Å². The summed E-state index contributed by atoms with van der Waals surface area (Å²) < 4.78 is 29.3. The summed E-state index contributed by atoms with van der Waals surface area (Å²) in [5, 5.41) is 11.0. The Balaban J connectivity index is 2.10. The maximum atomic E-state index is 13.9. The van der Waals surface area contributed by atoms with Gasteiger partial charge in [-0.05, 0) is 35.9 Å². The molecular weight excluding hydrogens is 516 g/mol. The predicted octanol–water partition coefficient (Wildman–Crippen LogP) is 5.37. The number of phenols is 1. The van der Waals surface area contributed by atoms with Crippen LogP contribution in [0.1, 0.15) is 10.4 Å². The summed E-state index contributed by atoms with van der Waals surface area (Å²) in [4.78, 5) is 13.6. The van der Waals surface area contributed by atoms with Crippen LogP contribution in [0.15, 0.2) is 76.1 Å². The number of carbonyl (C=O) groups is 1. The maximum Gasteiger partial charge on any atom is 0.272 e. The van der Waals surface area contributed by atoms with Crippen molar-refractivity contribution in [2.75, 3.05) is 14.1 Å². The molecule has 0 bridgehead atoms. The third kappa shape index (κ3) is 3.79. The molecule has 1 amide bonds. The fourth-order valence-corrected chi connectivity index (χ4v) is 6.15. The Bertz CT molecular complexity index is 1460. The number of phenolic OH excluding ortho intramolecular Hbond substituents is 1. The van der Waals surface area contributed by atoms with Crippen LogP contribution in [0.5, 0.6) is 5.75 Å². The van der Waals surface area contributed by atoms with E-state index in [0.29, 0.717) is 32.2 Å². The van der Waals surface area contributed by atoms with Crippen LogP contribution < -0.4 is 0 Å². The van der Waals surface area contributed by atoms with Gasteiger partial charge >= 0.3 is 0 Å². The Labute approximate surface area is 198 Å². The van der Waals surface area contributed by atoms with E-state index in [1.165, 1.54) is 23.1 Å². The molecule has 32 heavy (non-hydrogen) atoms. The monoisotopic (exact) mass is 532 g/mol. The highest BCUT2D eigenvalue weighted by Gasteiger charge is 2.28. The minimum Gasteiger partial charge on any atom is -0.505 e. The molecule has 0 saturated carbocycles. The molecule has 1 aromatic heterocycles.